The minimum Gasteiger partial charge on any atom is -0.469 e. The first-order valence-electron chi connectivity index (χ1n) is 10.9. The van der Waals surface area contributed by atoms with E-state index in [1.807, 2.05) is 25.8 Å². The highest BCUT2D eigenvalue weighted by atomic mass is 32.1. The zero-order valence-electron chi connectivity index (χ0n) is 17.8. The standard InChI is InChI=1S/C21H29N5O4S/c1-30-17(27)13-15-19(28)22-7-10-25(15)14-16-18(23-21-26(16)11-12-31-21)20(29)24-8-5-3-2-4-6-9-24/h11-12,15H,2-10,13-14H2,1H3,(H,22,28). The maximum absolute atomic E-state index is 13.4. The molecule has 0 aromatic carbocycles. The zero-order chi connectivity index (χ0) is 21.8. The molecule has 0 saturated carbocycles. The average molecular weight is 448 g/mol. The molecule has 1 N–H and O–H groups in total. The molecule has 2 amide bonds. The summed E-state index contributed by atoms with van der Waals surface area (Å²) >= 11 is 1.48. The van der Waals surface area contributed by atoms with Gasteiger partial charge in [-0.2, -0.15) is 0 Å². The number of aromatic nitrogens is 2. The lowest BCUT2D eigenvalue weighted by atomic mass is 10.1. The molecule has 0 bridgehead atoms. The molecule has 2 aliphatic rings. The first-order valence-corrected chi connectivity index (χ1v) is 11.8. The second-order valence-electron chi connectivity index (χ2n) is 8.08. The van der Waals surface area contributed by atoms with Crippen molar-refractivity contribution in [3.05, 3.63) is 23.0 Å². The molecule has 31 heavy (non-hydrogen) atoms. The van der Waals surface area contributed by atoms with Gasteiger partial charge in [-0.3, -0.25) is 23.7 Å². The van der Waals surface area contributed by atoms with Gasteiger partial charge >= 0.3 is 5.97 Å². The van der Waals surface area contributed by atoms with Crippen LogP contribution in [0.25, 0.3) is 4.96 Å². The maximum atomic E-state index is 13.4. The van der Waals surface area contributed by atoms with Crippen molar-refractivity contribution in [2.45, 2.75) is 51.1 Å². The highest BCUT2D eigenvalue weighted by Gasteiger charge is 2.34. The number of piperazine rings is 1. The Hall–Kier alpha value is -2.46. The van der Waals surface area contributed by atoms with Crippen molar-refractivity contribution in [1.29, 1.82) is 0 Å². The number of nitrogens with zero attached hydrogens (tertiary/aromatic N) is 4. The third-order valence-corrected chi connectivity index (χ3v) is 6.85. The lowest BCUT2D eigenvalue weighted by Gasteiger charge is -2.34. The Morgan fingerprint density at radius 1 is 1.19 bits per heavy atom. The van der Waals surface area contributed by atoms with Crippen LogP contribution < -0.4 is 5.32 Å². The van der Waals surface area contributed by atoms with E-state index in [4.69, 9.17) is 4.74 Å². The molecule has 2 aliphatic heterocycles. The van der Waals surface area contributed by atoms with Gasteiger partial charge in [-0.1, -0.05) is 19.3 Å². The van der Waals surface area contributed by atoms with Crippen molar-refractivity contribution in [1.82, 2.24) is 24.5 Å². The topological polar surface area (TPSA) is 96.2 Å². The van der Waals surface area contributed by atoms with Crippen LogP contribution in [0.4, 0.5) is 0 Å². The predicted octanol–water partition coefficient (Wildman–Crippen LogP) is 1.67. The monoisotopic (exact) mass is 447 g/mol. The number of carbonyl (C=O) groups excluding carboxylic acids is 3. The Bertz CT molecular complexity index is 947. The van der Waals surface area contributed by atoms with Gasteiger partial charge < -0.3 is 15.0 Å². The largest absolute Gasteiger partial charge is 0.469 e. The fourth-order valence-corrected chi connectivity index (χ4v) is 5.09. The summed E-state index contributed by atoms with van der Waals surface area (Å²) < 4.78 is 6.72. The number of ether oxygens (including phenoxy) is 1. The third kappa shape index (κ3) is 4.74. The fraction of sp³-hybridized carbons (Fsp3) is 0.619. The van der Waals surface area contributed by atoms with E-state index in [1.165, 1.54) is 24.9 Å². The smallest absolute Gasteiger partial charge is 0.307 e. The van der Waals surface area contributed by atoms with E-state index in [2.05, 4.69) is 10.3 Å². The number of likely N-dealkylation sites (tertiary alicyclic amines) is 1. The summed E-state index contributed by atoms with van der Waals surface area (Å²) in [6.07, 6.45) is 7.43. The van der Waals surface area contributed by atoms with Crippen LogP contribution in [0, 0.1) is 0 Å². The number of hydrogen-bond acceptors (Lipinski definition) is 7. The predicted molar refractivity (Wildman–Crippen MR) is 116 cm³/mol. The van der Waals surface area contributed by atoms with Gasteiger partial charge in [0.05, 0.1) is 19.2 Å². The van der Waals surface area contributed by atoms with Crippen LogP contribution in [-0.2, 0) is 20.9 Å². The lowest BCUT2D eigenvalue weighted by molar-refractivity contribution is -0.146. The molecule has 1 atom stereocenters. The second-order valence-corrected chi connectivity index (χ2v) is 8.95. The zero-order valence-corrected chi connectivity index (χ0v) is 18.7. The summed E-state index contributed by atoms with van der Waals surface area (Å²) in [6, 6.07) is -0.630. The van der Waals surface area contributed by atoms with Crippen LogP contribution in [0.5, 0.6) is 0 Å². The van der Waals surface area contributed by atoms with Gasteiger partial charge in [0, 0.05) is 44.3 Å². The van der Waals surface area contributed by atoms with E-state index in [0.717, 1.165) is 49.4 Å². The maximum Gasteiger partial charge on any atom is 0.307 e. The average Bonchev–Trinajstić information content (AvgIpc) is 3.32. The SMILES string of the molecule is COC(=O)CC1C(=O)NCCN1Cc1c(C(=O)N2CCCCCCC2)nc2sccn12. The van der Waals surface area contributed by atoms with Gasteiger partial charge in [0.2, 0.25) is 5.91 Å². The Morgan fingerprint density at radius 3 is 2.68 bits per heavy atom. The molecular formula is C21H29N5O4S. The summed E-state index contributed by atoms with van der Waals surface area (Å²) in [6.45, 7) is 2.95. The van der Waals surface area contributed by atoms with Gasteiger partial charge in [0.25, 0.3) is 5.91 Å². The van der Waals surface area contributed by atoms with Gasteiger partial charge in [0.15, 0.2) is 10.7 Å². The molecule has 10 heteroatoms. The summed E-state index contributed by atoms with van der Waals surface area (Å²) in [5.74, 6) is -0.670. The lowest BCUT2D eigenvalue weighted by Crippen LogP contribution is -2.55. The van der Waals surface area contributed by atoms with Crippen molar-refractivity contribution >= 4 is 34.1 Å². The molecule has 0 radical (unpaired) electrons. The van der Waals surface area contributed by atoms with E-state index in [0.29, 0.717) is 25.3 Å². The Labute approximate surface area is 185 Å². The molecule has 9 nitrogen and oxygen atoms in total. The number of nitrogens with one attached hydrogen (secondary N) is 1. The molecule has 4 heterocycles. The number of hydrogen-bond donors (Lipinski definition) is 1. The number of amides is 2. The molecule has 1 unspecified atom stereocenters. The van der Waals surface area contributed by atoms with Crippen molar-refractivity contribution in [2.24, 2.45) is 0 Å². The Kier molecular flexibility index (Phi) is 6.86. The Balaban J connectivity index is 1.62. The Morgan fingerprint density at radius 2 is 1.94 bits per heavy atom. The fourth-order valence-electron chi connectivity index (χ4n) is 4.36. The summed E-state index contributed by atoms with van der Waals surface area (Å²) in [7, 11) is 1.32. The number of rotatable bonds is 5. The summed E-state index contributed by atoms with van der Waals surface area (Å²) in [4.78, 5) is 47.1. The molecule has 0 spiro atoms. The van der Waals surface area contributed by atoms with Crippen LogP contribution in [0.2, 0.25) is 0 Å². The van der Waals surface area contributed by atoms with E-state index in [9.17, 15) is 14.4 Å². The van der Waals surface area contributed by atoms with Crippen LogP contribution in [0.1, 0.15) is 54.7 Å². The first kappa shape index (κ1) is 21.8. The van der Waals surface area contributed by atoms with Crippen LogP contribution in [0.3, 0.4) is 0 Å². The minimum atomic E-state index is -0.630. The highest BCUT2D eigenvalue weighted by Crippen LogP contribution is 2.24. The van der Waals surface area contributed by atoms with E-state index in [1.54, 1.807) is 0 Å². The number of imidazole rings is 1. The van der Waals surface area contributed by atoms with Crippen molar-refractivity contribution in [2.75, 3.05) is 33.3 Å². The van der Waals surface area contributed by atoms with E-state index >= 15 is 0 Å². The van der Waals surface area contributed by atoms with Gasteiger partial charge in [-0.25, -0.2) is 4.98 Å². The van der Waals surface area contributed by atoms with Gasteiger partial charge in [0.1, 0.15) is 6.04 Å². The molecule has 4 rings (SSSR count). The quantitative estimate of drug-likeness (QED) is 0.701. The molecule has 2 fully saturated rings. The van der Waals surface area contributed by atoms with Crippen LogP contribution >= 0.6 is 11.3 Å². The number of fused-ring (bicyclic) bond motifs is 1. The van der Waals surface area contributed by atoms with Crippen molar-refractivity contribution < 1.29 is 19.1 Å². The van der Waals surface area contributed by atoms with Gasteiger partial charge in [-0.15, -0.1) is 11.3 Å². The molecule has 2 aromatic rings. The molecule has 2 saturated heterocycles. The molecule has 0 aliphatic carbocycles. The van der Waals surface area contributed by atoms with Crippen LogP contribution in [-0.4, -0.2) is 76.3 Å². The first-order chi connectivity index (χ1) is 15.1. The summed E-state index contributed by atoms with van der Waals surface area (Å²) in [5.41, 5.74) is 1.23. The molecule has 2 aromatic heterocycles. The van der Waals surface area contributed by atoms with Crippen molar-refractivity contribution in [3.8, 4) is 0 Å². The normalized spacial score (nSPS) is 20.9. The summed E-state index contributed by atoms with van der Waals surface area (Å²) in [5, 5.41) is 4.76. The van der Waals surface area contributed by atoms with Gasteiger partial charge in [-0.05, 0) is 12.8 Å². The van der Waals surface area contributed by atoms with Crippen molar-refractivity contribution in [3.63, 3.8) is 0 Å². The number of thiazole rings is 1. The molecule has 168 valence electrons. The number of methoxy groups -OCH3 is 1. The minimum absolute atomic E-state index is 0.0245. The number of esters is 1. The number of carbonyl (C=O) groups is 3. The van der Waals surface area contributed by atoms with Crippen LogP contribution in [0.15, 0.2) is 11.6 Å². The third-order valence-electron chi connectivity index (χ3n) is 6.09. The second kappa shape index (κ2) is 9.78. The molecular weight excluding hydrogens is 418 g/mol. The highest BCUT2D eigenvalue weighted by molar-refractivity contribution is 7.15. The van der Waals surface area contributed by atoms with E-state index < -0.39 is 12.0 Å². The van der Waals surface area contributed by atoms with E-state index in [-0.39, 0.29) is 18.2 Å².